The number of nitrogens with one attached hydrogen (secondary N) is 1. The van der Waals surface area contributed by atoms with E-state index in [1.54, 1.807) is 0 Å². The summed E-state index contributed by atoms with van der Waals surface area (Å²) in [5.41, 5.74) is 2.36. The molecular weight excluding hydrogens is 370 g/mol. The molecular formula is C14H17Br2N3. The maximum absolute atomic E-state index is 4.46. The predicted molar refractivity (Wildman–Crippen MR) is 85.2 cm³/mol. The number of aryl methyl sites for hydroxylation is 1. The number of aromatic nitrogens is 2. The van der Waals surface area contributed by atoms with Crippen molar-refractivity contribution in [2.24, 2.45) is 7.05 Å². The van der Waals surface area contributed by atoms with Crippen molar-refractivity contribution in [3.8, 4) is 0 Å². The number of hydrogen-bond donors (Lipinski definition) is 1. The van der Waals surface area contributed by atoms with Gasteiger partial charge in [-0.15, -0.1) is 0 Å². The normalized spacial score (nSPS) is 12.6. The summed E-state index contributed by atoms with van der Waals surface area (Å²) < 4.78 is 4.01. The summed E-state index contributed by atoms with van der Waals surface area (Å²) >= 11 is 7.09. The molecule has 5 heteroatoms. The van der Waals surface area contributed by atoms with Gasteiger partial charge in [0.1, 0.15) is 0 Å². The second-order valence-corrected chi connectivity index (χ2v) is 6.33. The Hall–Kier alpha value is -0.650. The molecule has 1 heterocycles. The zero-order valence-corrected chi connectivity index (χ0v) is 14.2. The van der Waals surface area contributed by atoms with Crippen LogP contribution in [0.25, 0.3) is 0 Å². The molecule has 19 heavy (non-hydrogen) atoms. The van der Waals surface area contributed by atoms with E-state index in [1.165, 1.54) is 5.56 Å². The zero-order valence-electron chi connectivity index (χ0n) is 11.0. The van der Waals surface area contributed by atoms with Gasteiger partial charge in [0.2, 0.25) is 0 Å². The van der Waals surface area contributed by atoms with Crippen molar-refractivity contribution in [2.75, 3.05) is 6.54 Å². The van der Waals surface area contributed by atoms with Gasteiger partial charge in [-0.3, -0.25) is 4.68 Å². The smallest absolute Gasteiger partial charge is 0.0643 e. The third-order valence-electron chi connectivity index (χ3n) is 2.92. The standard InChI is InChI=1S/C14H17Br2N3/c1-3-17-14(9-13-4-5-19(2)18-13)10-6-11(15)8-12(16)7-10/h4-8,14,17H,3,9H2,1-2H3. The summed E-state index contributed by atoms with van der Waals surface area (Å²) in [7, 11) is 1.95. The van der Waals surface area contributed by atoms with Crippen molar-refractivity contribution < 1.29 is 0 Å². The topological polar surface area (TPSA) is 29.9 Å². The van der Waals surface area contributed by atoms with Crippen molar-refractivity contribution in [1.82, 2.24) is 15.1 Å². The summed E-state index contributed by atoms with van der Waals surface area (Å²) in [4.78, 5) is 0. The van der Waals surface area contributed by atoms with Gasteiger partial charge in [0, 0.05) is 34.7 Å². The fourth-order valence-electron chi connectivity index (χ4n) is 2.11. The second-order valence-electron chi connectivity index (χ2n) is 4.50. The van der Waals surface area contributed by atoms with Crippen LogP contribution in [0.5, 0.6) is 0 Å². The average Bonchev–Trinajstić information content (AvgIpc) is 2.73. The van der Waals surface area contributed by atoms with Crippen molar-refractivity contribution in [3.63, 3.8) is 0 Å². The van der Waals surface area contributed by atoms with Crippen LogP contribution in [0, 0.1) is 0 Å². The van der Waals surface area contributed by atoms with Gasteiger partial charge in [0.25, 0.3) is 0 Å². The van der Waals surface area contributed by atoms with Crippen LogP contribution < -0.4 is 5.32 Å². The molecule has 2 rings (SSSR count). The Morgan fingerprint density at radius 2 is 1.95 bits per heavy atom. The van der Waals surface area contributed by atoms with Crippen LogP contribution in [0.3, 0.4) is 0 Å². The van der Waals surface area contributed by atoms with E-state index >= 15 is 0 Å². The van der Waals surface area contributed by atoms with E-state index in [-0.39, 0.29) is 6.04 Å². The second kappa shape index (κ2) is 6.68. The molecule has 0 radical (unpaired) electrons. The molecule has 1 aromatic carbocycles. The molecule has 0 amide bonds. The molecule has 3 nitrogen and oxygen atoms in total. The molecule has 0 aliphatic carbocycles. The molecule has 0 aliphatic rings. The minimum atomic E-state index is 0.272. The van der Waals surface area contributed by atoms with E-state index in [0.29, 0.717) is 0 Å². The first-order chi connectivity index (χ1) is 9.08. The van der Waals surface area contributed by atoms with Gasteiger partial charge in [0.15, 0.2) is 0 Å². The first-order valence-electron chi connectivity index (χ1n) is 6.26. The van der Waals surface area contributed by atoms with Crippen LogP contribution in [0.4, 0.5) is 0 Å². The van der Waals surface area contributed by atoms with E-state index < -0.39 is 0 Å². The number of rotatable bonds is 5. The van der Waals surface area contributed by atoms with Crippen LogP contribution >= 0.6 is 31.9 Å². The first kappa shape index (κ1) is 14.8. The van der Waals surface area contributed by atoms with Crippen LogP contribution in [0.2, 0.25) is 0 Å². The highest BCUT2D eigenvalue weighted by atomic mass is 79.9. The summed E-state index contributed by atoms with van der Waals surface area (Å²) in [5, 5.41) is 7.98. The molecule has 0 saturated heterocycles. The van der Waals surface area contributed by atoms with Gasteiger partial charge in [-0.1, -0.05) is 38.8 Å². The van der Waals surface area contributed by atoms with Crippen LogP contribution in [0.15, 0.2) is 39.4 Å². The molecule has 102 valence electrons. The first-order valence-corrected chi connectivity index (χ1v) is 7.85. The van der Waals surface area contributed by atoms with Gasteiger partial charge in [-0.2, -0.15) is 5.10 Å². The van der Waals surface area contributed by atoms with E-state index in [2.05, 4.69) is 67.4 Å². The number of likely N-dealkylation sites (N-methyl/N-ethyl adjacent to an activating group) is 1. The molecule has 2 aromatic rings. The summed E-state index contributed by atoms with van der Waals surface area (Å²) in [5.74, 6) is 0. The molecule has 1 unspecified atom stereocenters. The van der Waals surface area contributed by atoms with Gasteiger partial charge in [0.05, 0.1) is 5.69 Å². The SMILES string of the molecule is CCNC(Cc1ccn(C)n1)c1cc(Br)cc(Br)c1. The average molecular weight is 387 g/mol. The molecule has 1 aromatic heterocycles. The van der Waals surface area contributed by atoms with Gasteiger partial charge >= 0.3 is 0 Å². The summed E-state index contributed by atoms with van der Waals surface area (Å²) in [6.45, 7) is 3.06. The highest BCUT2D eigenvalue weighted by Gasteiger charge is 2.14. The maximum Gasteiger partial charge on any atom is 0.0643 e. The molecule has 0 spiro atoms. The van der Waals surface area contributed by atoms with E-state index in [1.807, 2.05) is 24.0 Å². The van der Waals surface area contributed by atoms with Crippen LogP contribution in [0.1, 0.15) is 24.2 Å². The van der Waals surface area contributed by atoms with Crippen LogP contribution in [-0.2, 0) is 13.5 Å². The van der Waals surface area contributed by atoms with Gasteiger partial charge in [-0.25, -0.2) is 0 Å². The Kier molecular flexibility index (Phi) is 5.19. The molecule has 0 bridgehead atoms. The lowest BCUT2D eigenvalue weighted by molar-refractivity contribution is 0.539. The summed E-state index contributed by atoms with van der Waals surface area (Å²) in [6, 6.07) is 8.70. The third kappa shape index (κ3) is 4.16. The molecule has 0 fully saturated rings. The van der Waals surface area contributed by atoms with Crippen molar-refractivity contribution in [1.29, 1.82) is 0 Å². The van der Waals surface area contributed by atoms with E-state index in [0.717, 1.165) is 27.6 Å². The fourth-order valence-corrected chi connectivity index (χ4v) is 3.44. The quantitative estimate of drug-likeness (QED) is 0.845. The van der Waals surface area contributed by atoms with Crippen LogP contribution in [-0.4, -0.2) is 16.3 Å². The number of halogens is 2. The highest BCUT2D eigenvalue weighted by Crippen LogP contribution is 2.26. The minimum Gasteiger partial charge on any atom is -0.310 e. The number of benzene rings is 1. The van der Waals surface area contributed by atoms with E-state index in [4.69, 9.17) is 0 Å². The van der Waals surface area contributed by atoms with Crippen molar-refractivity contribution in [3.05, 3.63) is 50.7 Å². The largest absolute Gasteiger partial charge is 0.310 e. The Labute approximate surface area is 130 Å². The lowest BCUT2D eigenvalue weighted by atomic mass is 10.0. The Balaban J connectivity index is 2.23. The molecule has 1 N–H and O–H groups in total. The van der Waals surface area contributed by atoms with Crippen molar-refractivity contribution >= 4 is 31.9 Å². The lowest BCUT2D eigenvalue weighted by Crippen LogP contribution is -2.23. The Morgan fingerprint density at radius 1 is 1.26 bits per heavy atom. The lowest BCUT2D eigenvalue weighted by Gasteiger charge is -2.18. The van der Waals surface area contributed by atoms with Gasteiger partial charge in [-0.05, 0) is 36.4 Å². The highest BCUT2D eigenvalue weighted by molar-refractivity contribution is 9.11. The fraction of sp³-hybridized carbons (Fsp3) is 0.357. The Morgan fingerprint density at radius 3 is 2.47 bits per heavy atom. The monoisotopic (exact) mass is 385 g/mol. The predicted octanol–water partition coefficient (Wildman–Crippen LogP) is 3.84. The molecule has 0 saturated carbocycles. The number of hydrogen-bond acceptors (Lipinski definition) is 2. The van der Waals surface area contributed by atoms with Crippen molar-refractivity contribution in [2.45, 2.75) is 19.4 Å². The maximum atomic E-state index is 4.46. The van der Waals surface area contributed by atoms with E-state index in [9.17, 15) is 0 Å². The minimum absolute atomic E-state index is 0.272. The Bertz CT molecular complexity index is 531. The number of nitrogens with zero attached hydrogens (tertiary/aromatic N) is 2. The molecule has 0 aliphatic heterocycles. The van der Waals surface area contributed by atoms with Gasteiger partial charge < -0.3 is 5.32 Å². The molecule has 1 atom stereocenters. The zero-order chi connectivity index (χ0) is 13.8. The summed E-state index contributed by atoms with van der Waals surface area (Å²) in [6.07, 6.45) is 2.87. The third-order valence-corrected chi connectivity index (χ3v) is 3.84.